The molecule has 0 unspecified atom stereocenters. The monoisotopic (exact) mass is 311 g/mol. The number of rotatable bonds is 4. The summed E-state index contributed by atoms with van der Waals surface area (Å²) in [6.07, 6.45) is 3.45. The van der Waals surface area contributed by atoms with E-state index in [-0.39, 0.29) is 11.6 Å². The van der Waals surface area contributed by atoms with E-state index in [9.17, 15) is 9.18 Å². The number of anilines is 1. The van der Waals surface area contributed by atoms with Crippen LogP contribution < -0.4 is 5.32 Å². The summed E-state index contributed by atoms with van der Waals surface area (Å²) in [6.45, 7) is 3.99. The molecule has 0 saturated heterocycles. The van der Waals surface area contributed by atoms with Crippen LogP contribution in [0.3, 0.4) is 0 Å². The first-order valence-corrected chi connectivity index (χ1v) is 7.63. The molecular weight excluding hydrogens is 293 g/mol. The fourth-order valence-electron chi connectivity index (χ4n) is 2.60. The third-order valence-electron chi connectivity index (χ3n) is 3.66. The summed E-state index contributed by atoms with van der Waals surface area (Å²) in [5, 5.41) is 2.65. The number of hydrogen-bond donors (Lipinski definition) is 1. The largest absolute Gasteiger partial charge is 0.318 e. The van der Waals surface area contributed by atoms with Gasteiger partial charge in [-0.2, -0.15) is 0 Å². The van der Waals surface area contributed by atoms with Gasteiger partial charge < -0.3 is 5.32 Å². The SMILES string of the molecule is CCCc1nc2ccc(C)cn2c1C(=O)Nc1ccccc1F. The minimum absolute atomic E-state index is 0.169. The van der Waals surface area contributed by atoms with Crippen LogP contribution in [0.25, 0.3) is 5.65 Å². The molecule has 3 aromatic rings. The predicted octanol–water partition coefficient (Wildman–Crippen LogP) is 3.99. The van der Waals surface area contributed by atoms with Gasteiger partial charge in [0.25, 0.3) is 5.91 Å². The van der Waals surface area contributed by atoms with E-state index in [0.717, 1.165) is 23.3 Å². The lowest BCUT2D eigenvalue weighted by molar-refractivity contribution is 0.102. The average Bonchev–Trinajstić information content (AvgIpc) is 2.87. The zero-order valence-corrected chi connectivity index (χ0v) is 13.1. The second-order valence-corrected chi connectivity index (χ2v) is 5.53. The zero-order chi connectivity index (χ0) is 16.4. The Morgan fingerprint density at radius 3 is 2.78 bits per heavy atom. The van der Waals surface area contributed by atoms with Crippen LogP contribution in [-0.4, -0.2) is 15.3 Å². The Morgan fingerprint density at radius 1 is 1.26 bits per heavy atom. The number of halogens is 1. The first-order chi connectivity index (χ1) is 11.1. The number of carbonyl (C=O) groups excluding carboxylic acids is 1. The van der Waals surface area contributed by atoms with Crippen LogP contribution in [0, 0.1) is 12.7 Å². The molecule has 118 valence electrons. The molecule has 0 aliphatic carbocycles. The van der Waals surface area contributed by atoms with E-state index in [1.807, 2.05) is 32.2 Å². The first kappa shape index (κ1) is 15.2. The van der Waals surface area contributed by atoms with Crippen molar-refractivity contribution in [2.24, 2.45) is 0 Å². The molecule has 23 heavy (non-hydrogen) atoms. The quantitative estimate of drug-likeness (QED) is 0.792. The number of fused-ring (bicyclic) bond motifs is 1. The van der Waals surface area contributed by atoms with Crippen LogP contribution in [0.5, 0.6) is 0 Å². The van der Waals surface area contributed by atoms with Crippen molar-refractivity contribution in [1.29, 1.82) is 0 Å². The number of para-hydroxylation sites is 1. The molecule has 0 fully saturated rings. The molecule has 3 rings (SSSR count). The van der Waals surface area contributed by atoms with E-state index in [0.29, 0.717) is 12.1 Å². The molecule has 0 aliphatic rings. The summed E-state index contributed by atoms with van der Waals surface area (Å²) >= 11 is 0. The summed E-state index contributed by atoms with van der Waals surface area (Å²) in [6, 6.07) is 9.97. The molecule has 0 radical (unpaired) electrons. The molecule has 0 saturated carbocycles. The molecule has 1 amide bonds. The van der Waals surface area contributed by atoms with Gasteiger partial charge in [-0.15, -0.1) is 0 Å². The van der Waals surface area contributed by atoms with Crippen molar-refractivity contribution < 1.29 is 9.18 Å². The third kappa shape index (κ3) is 2.95. The molecule has 5 heteroatoms. The maximum Gasteiger partial charge on any atom is 0.274 e. The first-order valence-electron chi connectivity index (χ1n) is 7.63. The van der Waals surface area contributed by atoms with Gasteiger partial charge in [0.15, 0.2) is 0 Å². The highest BCUT2D eigenvalue weighted by atomic mass is 19.1. The topological polar surface area (TPSA) is 46.4 Å². The average molecular weight is 311 g/mol. The van der Waals surface area contributed by atoms with Crippen molar-refractivity contribution in [1.82, 2.24) is 9.38 Å². The van der Waals surface area contributed by atoms with E-state index in [1.54, 1.807) is 22.6 Å². The number of nitrogens with zero attached hydrogens (tertiary/aromatic N) is 2. The van der Waals surface area contributed by atoms with Crippen molar-refractivity contribution in [3.63, 3.8) is 0 Å². The number of amides is 1. The summed E-state index contributed by atoms with van der Waals surface area (Å²) in [4.78, 5) is 17.2. The number of nitrogens with one attached hydrogen (secondary N) is 1. The summed E-state index contributed by atoms with van der Waals surface area (Å²) in [5.74, 6) is -0.806. The van der Waals surface area contributed by atoms with Crippen LogP contribution in [0.1, 0.15) is 35.1 Å². The maximum atomic E-state index is 13.8. The van der Waals surface area contributed by atoms with E-state index in [4.69, 9.17) is 0 Å². The highest BCUT2D eigenvalue weighted by Gasteiger charge is 2.19. The summed E-state index contributed by atoms with van der Waals surface area (Å²) in [5.41, 5.74) is 3.11. The van der Waals surface area contributed by atoms with Crippen LogP contribution in [-0.2, 0) is 6.42 Å². The minimum atomic E-state index is -0.456. The van der Waals surface area contributed by atoms with Gasteiger partial charge in [0.1, 0.15) is 17.2 Å². The maximum absolute atomic E-state index is 13.8. The Balaban J connectivity index is 2.06. The van der Waals surface area contributed by atoms with Crippen LogP contribution in [0.2, 0.25) is 0 Å². The van der Waals surface area contributed by atoms with Crippen LogP contribution in [0.15, 0.2) is 42.6 Å². The predicted molar refractivity (Wildman–Crippen MR) is 88.3 cm³/mol. The van der Waals surface area contributed by atoms with E-state index in [2.05, 4.69) is 10.3 Å². The molecule has 1 aromatic carbocycles. The zero-order valence-electron chi connectivity index (χ0n) is 13.1. The van der Waals surface area contributed by atoms with Gasteiger partial charge >= 0.3 is 0 Å². The van der Waals surface area contributed by atoms with Crippen LogP contribution in [0.4, 0.5) is 10.1 Å². The molecule has 4 nitrogen and oxygen atoms in total. The number of benzene rings is 1. The van der Waals surface area contributed by atoms with Crippen molar-refractivity contribution in [3.05, 3.63) is 65.4 Å². The third-order valence-corrected chi connectivity index (χ3v) is 3.66. The second kappa shape index (κ2) is 6.20. The molecule has 0 aliphatic heterocycles. The lowest BCUT2D eigenvalue weighted by Crippen LogP contribution is -2.17. The Morgan fingerprint density at radius 2 is 2.04 bits per heavy atom. The fourth-order valence-corrected chi connectivity index (χ4v) is 2.60. The van der Waals surface area contributed by atoms with Crippen molar-refractivity contribution in [2.75, 3.05) is 5.32 Å². The Kier molecular flexibility index (Phi) is 4.10. The van der Waals surface area contributed by atoms with Crippen LogP contribution >= 0.6 is 0 Å². The minimum Gasteiger partial charge on any atom is -0.318 e. The molecule has 2 heterocycles. The van der Waals surface area contributed by atoms with Crippen molar-refractivity contribution >= 4 is 17.2 Å². The van der Waals surface area contributed by atoms with Crippen molar-refractivity contribution in [3.8, 4) is 0 Å². The standard InChI is InChI=1S/C18H18FN3O/c1-3-6-15-17(22-11-12(2)9-10-16(22)20-15)18(23)21-14-8-5-4-7-13(14)19/h4-5,7-11H,3,6H2,1-2H3,(H,21,23). The number of pyridine rings is 1. The van der Waals surface area contributed by atoms with Gasteiger partial charge in [-0.25, -0.2) is 9.37 Å². The molecule has 2 aromatic heterocycles. The van der Waals surface area contributed by atoms with Gasteiger partial charge in [-0.05, 0) is 37.1 Å². The lowest BCUT2D eigenvalue weighted by Gasteiger charge is -2.08. The number of aryl methyl sites for hydroxylation is 2. The Labute approximate surface area is 134 Å². The fraction of sp³-hybridized carbons (Fsp3) is 0.222. The Bertz CT molecular complexity index is 870. The second-order valence-electron chi connectivity index (χ2n) is 5.53. The van der Waals surface area contributed by atoms with Gasteiger partial charge in [0, 0.05) is 6.20 Å². The van der Waals surface area contributed by atoms with E-state index < -0.39 is 5.82 Å². The molecule has 0 spiro atoms. The van der Waals surface area contributed by atoms with E-state index in [1.165, 1.54) is 6.07 Å². The lowest BCUT2D eigenvalue weighted by atomic mass is 10.2. The van der Waals surface area contributed by atoms with Gasteiger partial charge in [-0.3, -0.25) is 9.20 Å². The van der Waals surface area contributed by atoms with Gasteiger partial charge in [0.2, 0.25) is 0 Å². The highest BCUT2D eigenvalue weighted by molar-refractivity contribution is 6.04. The van der Waals surface area contributed by atoms with E-state index >= 15 is 0 Å². The summed E-state index contributed by atoms with van der Waals surface area (Å²) < 4.78 is 15.6. The number of carbonyl (C=O) groups is 1. The Hall–Kier alpha value is -2.69. The number of aromatic nitrogens is 2. The van der Waals surface area contributed by atoms with Gasteiger partial charge in [0.05, 0.1) is 11.4 Å². The molecule has 1 N–H and O–H groups in total. The molecule has 0 atom stereocenters. The van der Waals surface area contributed by atoms with Crippen molar-refractivity contribution in [2.45, 2.75) is 26.7 Å². The summed E-state index contributed by atoms with van der Waals surface area (Å²) in [7, 11) is 0. The smallest absolute Gasteiger partial charge is 0.274 e. The van der Waals surface area contributed by atoms with Gasteiger partial charge in [-0.1, -0.05) is 31.5 Å². The molecule has 0 bridgehead atoms. The normalized spacial score (nSPS) is 10.9. The molecular formula is C18H18FN3O. The number of imidazole rings is 1. The highest BCUT2D eigenvalue weighted by Crippen LogP contribution is 2.19. The number of hydrogen-bond acceptors (Lipinski definition) is 2.